The van der Waals surface area contributed by atoms with E-state index in [0.29, 0.717) is 140 Å². The number of benzene rings is 8. The fourth-order valence-corrected chi connectivity index (χ4v) is 13.8. The van der Waals surface area contributed by atoms with E-state index in [2.05, 4.69) is 20.6 Å². The lowest BCUT2D eigenvalue weighted by molar-refractivity contribution is -0.667. The number of hydrogen-bond donors (Lipinski definition) is 0. The van der Waals surface area contributed by atoms with Gasteiger partial charge in [-0.05, 0) is 133 Å². The molecule has 109 heavy (non-hydrogen) atoms. The van der Waals surface area contributed by atoms with E-state index in [9.17, 15) is 5.26 Å². The summed E-state index contributed by atoms with van der Waals surface area (Å²) >= 11 is 0. The van der Waals surface area contributed by atoms with Crippen molar-refractivity contribution in [2.75, 3.05) is 0 Å². The molecule has 0 aliphatic carbocycles. The average Bonchev–Trinajstić information content (AvgIpc) is 1.69. The van der Waals surface area contributed by atoms with E-state index in [1.807, 2.05) is 88.4 Å². The summed E-state index contributed by atoms with van der Waals surface area (Å²) in [7, 11) is 6.77. The molecule has 0 radical (unpaired) electrons. The van der Waals surface area contributed by atoms with Crippen molar-refractivity contribution in [2.45, 2.75) is 141 Å². The Morgan fingerprint density at radius 1 is 0.413 bits per heavy atom. The zero-order valence-electron chi connectivity index (χ0n) is 89.3. The first-order valence-corrected chi connectivity index (χ1v) is 34.9. The van der Waals surface area contributed by atoms with E-state index in [1.54, 1.807) is 135 Å². The highest BCUT2D eigenvalue weighted by molar-refractivity contribution is 6.15. The number of aryl methyl sites for hydroxylation is 4. The Hall–Kier alpha value is -12.5. The summed E-state index contributed by atoms with van der Waals surface area (Å²) < 4.78 is 247. The number of nitrogens with zero attached hydrogens (tertiary/aromatic N) is 8. The predicted molar refractivity (Wildman–Crippen MR) is 444 cm³/mol. The molecule has 0 saturated carbocycles. The Bertz CT molecular complexity index is 7790. The third-order valence-corrected chi connectivity index (χ3v) is 20.2. The van der Waals surface area contributed by atoms with Crippen LogP contribution in [0.5, 0.6) is 0 Å². The molecule has 8 heterocycles. The van der Waals surface area contributed by atoms with Gasteiger partial charge in [-0.2, -0.15) is 23.5 Å². The summed E-state index contributed by atoms with van der Waals surface area (Å²) in [6, 6.07) is 36.8. The number of aromatic nitrogens is 4. The molecular formula is C97H94N8O4+4. The maximum absolute atomic E-state index is 9.63. The lowest BCUT2D eigenvalue weighted by Crippen LogP contribution is -2.36. The molecular weight excluding hydrogens is 1340 g/mol. The van der Waals surface area contributed by atoms with Crippen LogP contribution in [0.2, 0.25) is 0 Å². The highest BCUT2D eigenvalue weighted by Crippen LogP contribution is 2.45. The molecule has 0 amide bonds. The standard InChI is InChI=1S/C25H25N2O.3C24H23N2O/c1-14(2)20-12-21(27(6)17(5)16(20)4)23-15(3)10-11-19-24-18(13-26)8-7-9-22(24)28-25(19)23;1-14(2)17-11-16(4)26(6)21(12-17)23-15(3)7-9-20-19-10-8-18(25-5)13-22(19)27-24(20)23;1-14(2)17-11-16(4)26(6)21(12-17)23-15(3)7-9-19-20-13-18(25-5)8-10-22(20)27-24(19)23;1-14(2)17-12-16(4)26(6)21(13-17)22-15(3)10-11-19-18-8-7-9-20(25-5)23(18)27-24(19)22/h7-12,14H,1-6H3;3*7-14H,1-4,6H3/q4*+1/i1D3,4D3,12D,14D;2*1D3,11D,12D,14D;1D3,12D,13D,14D. The molecule has 4 atom stereocenters. The van der Waals surface area contributed by atoms with Crippen LogP contribution in [-0.4, -0.2) is 0 Å². The van der Waals surface area contributed by atoms with Crippen molar-refractivity contribution in [2.24, 2.45) is 28.2 Å². The van der Waals surface area contributed by atoms with E-state index >= 15 is 0 Å². The van der Waals surface area contributed by atoms with Crippen LogP contribution >= 0.6 is 0 Å². The average molecular weight is 1460 g/mol. The van der Waals surface area contributed by atoms with Gasteiger partial charge in [0.15, 0.2) is 34.2 Å². The summed E-state index contributed by atoms with van der Waals surface area (Å²) in [4.78, 5) is 10.5. The van der Waals surface area contributed by atoms with Crippen molar-refractivity contribution in [3.05, 3.63) is 276 Å². The Morgan fingerprint density at radius 3 is 1.33 bits per heavy atom. The number of nitriles is 1. The summed E-state index contributed by atoms with van der Waals surface area (Å²) in [5, 5.41) is 15.6. The summed E-state index contributed by atoms with van der Waals surface area (Å²) in [5.41, 5.74) is 12.9. The van der Waals surface area contributed by atoms with Gasteiger partial charge in [0, 0.05) is 145 Å². The first-order chi connectivity index (χ1) is 62.5. The van der Waals surface area contributed by atoms with E-state index in [1.165, 1.54) is 20.8 Å². The molecule has 0 aliphatic heterocycles. The zero-order valence-corrected chi connectivity index (χ0v) is 63.3. The molecule has 8 aromatic carbocycles. The highest BCUT2D eigenvalue weighted by atomic mass is 16.3. The van der Waals surface area contributed by atoms with Crippen LogP contribution in [0.1, 0.15) is 193 Å². The van der Waals surface area contributed by atoms with Crippen molar-refractivity contribution in [3.63, 3.8) is 0 Å². The minimum Gasteiger partial charge on any atom is -0.466 e. The largest absolute Gasteiger partial charge is 0.466 e. The Morgan fingerprint density at radius 2 is 0.835 bits per heavy atom. The monoisotopic (exact) mass is 1460 g/mol. The van der Waals surface area contributed by atoms with Crippen LogP contribution in [0.15, 0.2) is 181 Å². The Kier molecular flexibility index (Phi) is 13.3. The van der Waals surface area contributed by atoms with Gasteiger partial charge in [0.25, 0.3) is 0 Å². The van der Waals surface area contributed by atoms with Crippen LogP contribution < -0.4 is 18.3 Å². The summed E-state index contributed by atoms with van der Waals surface area (Å²) in [5.74, 6) is -8.81. The topological polar surface area (TPSA) is 105 Å². The molecule has 0 saturated heterocycles. The van der Waals surface area contributed by atoms with Gasteiger partial charge in [0.2, 0.25) is 28.5 Å². The molecule has 0 bridgehead atoms. The number of para-hydroxylation sites is 1. The van der Waals surface area contributed by atoms with Gasteiger partial charge >= 0.3 is 0 Å². The van der Waals surface area contributed by atoms with Crippen molar-refractivity contribution < 1.29 is 71.6 Å². The van der Waals surface area contributed by atoms with Gasteiger partial charge < -0.3 is 17.7 Å². The van der Waals surface area contributed by atoms with Gasteiger partial charge in [0.1, 0.15) is 72.9 Å². The number of pyridine rings is 4. The first-order valence-electron chi connectivity index (χ1n) is 47.9. The van der Waals surface area contributed by atoms with E-state index < -0.39 is 57.8 Å². The zero-order chi connectivity index (χ0) is 100. The molecule has 8 aromatic heterocycles. The molecule has 16 aromatic rings. The Labute approximate surface area is 676 Å². The van der Waals surface area contributed by atoms with Gasteiger partial charge in [-0.25, -0.2) is 14.5 Å². The van der Waals surface area contributed by atoms with Crippen molar-refractivity contribution >= 4 is 105 Å². The lowest BCUT2D eigenvalue weighted by Gasteiger charge is -2.14. The first kappa shape index (κ1) is 48.7. The van der Waals surface area contributed by atoms with Crippen molar-refractivity contribution in [1.29, 1.82) is 5.26 Å². The predicted octanol–water partition coefficient (Wildman–Crippen LogP) is 25.1. The molecule has 12 heteroatoms. The van der Waals surface area contributed by atoms with E-state index in [-0.39, 0.29) is 81.5 Å². The van der Waals surface area contributed by atoms with Gasteiger partial charge in [-0.1, -0.05) is 146 Å². The molecule has 542 valence electrons. The second-order valence-corrected chi connectivity index (χ2v) is 27.3. The molecule has 0 fully saturated rings. The van der Waals surface area contributed by atoms with Gasteiger partial charge in [-0.15, -0.1) is 0 Å². The molecule has 0 spiro atoms. The van der Waals surface area contributed by atoms with E-state index in [0.717, 1.165) is 55.9 Å². The summed E-state index contributed by atoms with van der Waals surface area (Å²) in [6.45, 7) is 27.1. The Balaban J connectivity index is 0.000000153. The lowest BCUT2D eigenvalue weighted by atomic mass is 9.93. The molecule has 0 aliphatic rings. The molecule has 0 N–H and O–H groups in total. The van der Waals surface area contributed by atoms with Crippen LogP contribution in [0, 0.1) is 93.3 Å². The molecule has 4 unspecified atom stereocenters. The highest BCUT2D eigenvalue weighted by Gasteiger charge is 2.30. The van der Waals surface area contributed by atoms with E-state index in [4.69, 9.17) is 73.0 Å². The van der Waals surface area contributed by atoms with Crippen molar-refractivity contribution in [1.82, 2.24) is 0 Å². The number of fused-ring (bicyclic) bond motifs is 12. The summed E-state index contributed by atoms with van der Waals surface area (Å²) in [6.07, 6.45) is 0. The number of rotatable bonds is 8. The molecule has 12 nitrogen and oxygen atoms in total. The van der Waals surface area contributed by atoms with Gasteiger partial charge in [-0.3, -0.25) is 0 Å². The fourth-order valence-electron chi connectivity index (χ4n) is 13.8. The third-order valence-electron chi connectivity index (χ3n) is 20.2. The second-order valence-electron chi connectivity index (χ2n) is 27.3. The van der Waals surface area contributed by atoms with Crippen LogP contribution in [0.25, 0.3) is 147 Å². The van der Waals surface area contributed by atoms with Gasteiger partial charge in [0.05, 0.1) is 63.2 Å². The molecule has 16 rings (SSSR count). The second kappa shape index (κ2) is 29.7. The third kappa shape index (κ3) is 13.4. The minimum atomic E-state index is -2.89. The fraction of sp³-hybridized carbons (Fsp3) is 0.258. The number of furan rings is 4. The minimum absolute atomic E-state index is 0.129. The normalized spacial score (nSPS) is 17.7. The number of hydrogen-bond acceptors (Lipinski definition) is 5. The van der Waals surface area contributed by atoms with Crippen LogP contribution in [0.4, 0.5) is 17.1 Å². The van der Waals surface area contributed by atoms with Crippen LogP contribution in [0.3, 0.4) is 0 Å². The maximum Gasteiger partial charge on any atom is 0.229 e. The maximum atomic E-state index is 9.63. The smallest absolute Gasteiger partial charge is 0.229 e. The van der Waals surface area contributed by atoms with Crippen molar-refractivity contribution in [3.8, 4) is 51.1 Å². The SMILES string of the molecule is [2H]c1c(C([2H])(C)C([2H])([2H])[2H])c(C([2H])([2H])[2H])c(C)[n+](C)c1-c1c(C)ccc2c1oc1cccc(C#N)c12.[2H]c1c(C([2H])(C)C([2H])([2H])[2H])c([2H])c(-c2c(C)ccc3c2oc2c([N+]#[C-])cccc23)[n+](C)c1C.[2H]c1c(C([2H])(C)C([2H])([2H])[2H])c([2H])c(-c2c(C)ccc3c2oc2cc([N+]#[C-])ccc23)[n+](C)c1C.[2H]c1c(C([2H])(C)C([2H])([2H])[2H])c([2H])c(-c2c(C)ccc3c2oc2ccc([N+]#[C-])cc23)[n+](C)c1C. The quantitative estimate of drug-likeness (QED) is 0.111. The van der Waals surface area contributed by atoms with Crippen LogP contribution in [-0.2, 0) is 28.2 Å².